The normalized spacial score (nSPS) is 42.8. The van der Waals surface area contributed by atoms with Crippen LogP contribution < -0.4 is 5.32 Å². The number of piperidine rings is 1. The average molecular weight is 276 g/mol. The van der Waals surface area contributed by atoms with Crippen LogP contribution in [0, 0.1) is 23.2 Å². The topological polar surface area (TPSA) is 32.3 Å². The minimum atomic E-state index is 0.209. The van der Waals surface area contributed by atoms with Gasteiger partial charge in [0.15, 0.2) is 0 Å². The number of hydrogen-bond donors (Lipinski definition) is 1. The number of hydrogen-bond acceptors (Lipinski definition) is 1. The standard InChI is InChI=1S/C17H28N2O/c20-16(19-4-2-1-3-5-19)18-12-17-9-13-6-14(10-17)8-15(7-13)11-17/h13-15H,1-12H2,(H,18,20). The van der Waals surface area contributed by atoms with Crippen LogP contribution in [0.1, 0.15) is 57.8 Å². The molecule has 0 aromatic heterocycles. The Hall–Kier alpha value is -0.730. The molecule has 0 atom stereocenters. The molecule has 0 aromatic rings. The summed E-state index contributed by atoms with van der Waals surface area (Å²) in [6, 6.07) is 0.209. The minimum absolute atomic E-state index is 0.209. The van der Waals surface area contributed by atoms with Gasteiger partial charge in [0.2, 0.25) is 0 Å². The van der Waals surface area contributed by atoms with Crippen molar-refractivity contribution in [1.29, 1.82) is 0 Å². The molecule has 5 fully saturated rings. The maximum absolute atomic E-state index is 12.3. The molecule has 1 N–H and O–H groups in total. The molecule has 3 nitrogen and oxygen atoms in total. The first kappa shape index (κ1) is 13.0. The third-order valence-electron chi connectivity index (χ3n) is 6.42. The number of rotatable bonds is 2. The van der Waals surface area contributed by atoms with Gasteiger partial charge in [-0.2, -0.15) is 0 Å². The summed E-state index contributed by atoms with van der Waals surface area (Å²) in [7, 11) is 0. The number of urea groups is 1. The highest BCUT2D eigenvalue weighted by atomic mass is 16.2. The van der Waals surface area contributed by atoms with Gasteiger partial charge in [-0.15, -0.1) is 0 Å². The lowest BCUT2D eigenvalue weighted by molar-refractivity contribution is -0.0502. The third kappa shape index (κ3) is 2.33. The van der Waals surface area contributed by atoms with Gasteiger partial charge < -0.3 is 10.2 Å². The summed E-state index contributed by atoms with van der Waals surface area (Å²) in [5.74, 6) is 2.94. The summed E-state index contributed by atoms with van der Waals surface area (Å²) in [4.78, 5) is 14.3. The van der Waals surface area contributed by atoms with Crippen LogP contribution in [0.2, 0.25) is 0 Å². The fraction of sp³-hybridized carbons (Fsp3) is 0.941. The average Bonchev–Trinajstić information content (AvgIpc) is 2.44. The van der Waals surface area contributed by atoms with E-state index in [0.717, 1.165) is 37.4 Å². The molecule has 5 aliphatic rings. The van der Waals surface area contributed by atoms with E-state index in [1.54, 1.807) is 0 Å². The van der Waals surface area contributed by atoms with Crippen molar-refractivity contribution in [3.05, 3.63) is 0 Å². The van der Waals surface area contributed by atoms with E-state index in [2.05, 4.69) is 5.32 Å². The van der Waals surface area contributed by atoms with E-state index in [1.165, 1.54) is 57.8 Å². The molecule has 112 valence electrons. The highest BCUT2D eigenvalue weighted by molar-refractivity contribution is 5.74. The SMILES string of the molecule is O=C(NCC12CC3CC(CC(C3)C1)C2)N1CCCCC1. The summed E-state index contributed by atoms with van der Waals surface area (Å²) in [6.45, 7) is 2.88. The molecule has 2 amide bonds. The molecule has 0 unspecified atom stereocenters. The number of carbonyl (C=O) groups excluding carboxylic acids is 1. The molecule has 1 heterocycles. The van der Waals surface area contributed by atoms with Crippen molar-refractivity contribution in [3.63, 3.8) is 0 Å². The summed E-state index contributed by atoms with van der Waals surface area (Å²) in [5, 5.41) is 3.30. The van der Waals surface area contributed by atoms with Gasteiger partial charge in [0.25, 0.3) is 0 Å². The fourth-order valence-corrected chi connectivity index (χ4v) is 5.98. The van der Waals surface area contributed by atoms with Crippen LogP contribution in [-0.4, -0.2) is 30.6 Å². The van der Waals surface area contributed by atoms with Crippen molar-refractivity contribution in [1.82, 2.24) is 10.2 Å². The minimum Gasteiger partial charge on any atom is -0.337 e. The zero-order valence-electron chi connectivity index (χ0n) is 12.6. The van der Waals surface area contributed by atoms with Crippen LogP contribution >= 0.6 is 0 Å². The maximum Gasteiger partial charge on any atom is 0.317 e. The van der Waals surface area contributed by atoms with Gasteiger partial charge in [-0.05, 0) is 81.0 Å². The van der Waals surface area contributed by atoms with E-state index in [4.69, 9.17) is 0 Å². The van der Waals surface area contributed by atoms with Gasteiger partial charge in [-0.3, -0.25) is 0 Å². The maximum atomic E-state index is 12.3. The number of carbonyl (C=O) groups is 1. The Morgan fingerprint density at radius 2 is 1.50 bits per heavy atom. The molecule has 5 rings (SSSR count). The van der Waals surface area contributed by atoms with Crippen molar-refractivity contribution >= 4 is 6.03 Å². The van der Waals surface area contributed by atoms with Crippen LogP contribution in [0.15, 0.2) is 0 Å². The first-order chi connectivity index (χ1) is 9.72. The number of likely N-dealkylation sites (tertiary alicyclic amines) is 1. The van der Waals surface area contributed by atoms with Crippen molar-refractivity contribution in [2.45, 2.75) is 57.8 Å². The van der Waals surface area contributed by atoms with Gasteiger partial charge >= 0.3 is 6.03 Å². The number of nitrogens with one attached hydrogen (secondary N) is 1. The second kappa shape index (κ2) is 4.92. The Morgan fingerprint density at radius 1 is 0.950 bits per heavy atom. The lowest BCUT2D eigenvalue weighted by Gasteiger charge is -2.57. The van der Waals surface area contributed by atoms with E-state index < -0.39 is 0 Å². The van der Waals surface area contributed by atoms with E-state index in [9.17, 15) is 4.79 Å². The molecule has 0 aromatic carbocycles. The summed E-state index contributed by atoms with van der Waals surface area (Å²) in [5.41, 5.74) is 0.472. The molecular weight excluding hydrogens is 248 g/mol. The van der Waals surface area contributed by atoms with Crippen LogP contribution in [0.3, 0.4) is 0 Å². The van der Waals surface area contributed by atoms with Gasteiger partial charge in [-0.25, -0.2) is 4.79 Å². The van der Waals surface area contributed by atoms with Gasteiger partial charge in [0.05, 0.1) is 0 Å². The lowest BCUT2D eigenvalue weighted by Crippen LogP contribution is -2.53. The van der Waals surface area contributed by atoms with Crippen LogP contribution in [0.25, 0.3) is 0 Å². The molecule has 0 spiro atoms. The summed E-state index contributed by atoms with van der Waals surface area (Å²) >= 11 is 0. The molecule has 20 heavy (non-hydrogen) atoms. The van der Waals surface area contributed by atoms with Crippen molar-refractivity contribution in [2.24, 2.45) is 23.2 Å². The second-order valence-electron chi connectivity index (χ2n) is 8.12. The molecule has 4 bridgehead atoms. The predicted octanol–water partition coefficient (Wildman–Crippen LogP) is 3.40. The predicted molar refractivity (Wildman–Crippen MR) is 79.4 cm³/mol. The van der Waals surface area contributed by atoms with Crippen molar-refractivity contribution < 1.29 is 4.79 Å². The van der Waals surface area contributed by atoms with Crippen LogP contribution in [0.5, 0.6) is 0 Å². The zero-order valence-corrected chi connectivity index (χ0v) is 12.6. The molecule has 4 aliphatic carbocycles. The van der Waals surface area contributed by atoms with Crippen molar-refractivity contribution in [3.8, 4) is 0 Å². The quantitative estimate of drug-likeness (QED) is 0.823. The Balaban J connectivity index is 1.36. The van der Waals surface area contributed by atoms with E-state index in [0.29, 0.717) is 5.41 Å². The van der Waals surface area contributed by atoms with Crippen molar-refractivity contribution in [2.75, 3.05) is 19.6 Å². The largest absolute Gasteiger partial charge is 0.337 e. The Morgan fingerprint density at radius 3 is 2.05 bits per heavy atom. The summed E-state index contributed by atoms with van der Waals surface area (Å²) in [6.07, 6.45) is 12.3. The van der Waals surface area contributed by atoms with Crippen LogP contribution in [0.4, 0.5) is 4.79 Å². The molecule has 1 saturated heterocycles. The molecule has 3 heteroatoms. The van der Waals surface area contributed by atoms with Gasteiger partial charge in [0, 0.05) is 19.6 Å². The molecule has 4 saturated carbocycles. The van der Waals surface area contributed by atoms with E-state index in [1.807, 2.05) is 4.90 Å². The van der Waals surface area contributed by atoms with Gasteiger partial charge in [-0.1, -0.05) is 0 Å². The Bertz CT molecular complexity index is 351. The lowest BCUT2D eigenvalue weighted by atomic mass is 9.49. The zero-order chi connectivity index (χ0) is 13.6. The van der Waals surface area contributed by atoms with Gasteiger partial charge in [0.1, 0.15) is 0 Å². The van der Waals surface area contributed by atoms with Crippen LogP contribution in [-0.2, 0) is 0 Å². The fourth-order valence-electron chi connectivity index (χ4n) is 5.98. The molecule has 0 radical (unpaired) electrons. The van der Waals surface area contributed by atoms with E-state index in [-0.39, 0.29) is 6.03 Å². The first-order valence-corrected chi connectivity index (χ1v) is 8.75. The Kier molecular flexibility index (Phi) is 3.19. The number of amides is 2. The highest BCUT2D eigenvalue weighted by Gasteiger charge is 2.50. The molecule has 1 aliphatic heterocycles. The molecular formula is C17H28N2O. The Labute approximate surface area is 122 Å². The smallest absolute Gasteiger partial charge is 0.317 e. The number of nitrogens with zero attached hydrogens (tertiary/aromatic N) is 1. The first-order valence-electron chi connectivity index (χ1n) is 8.75. The second-order valence-corrected chi connectivity index (χ2v) is 8.12. The van der Waals surface area contributed by atoms with E-state index >= 15 is 0 Å². The third-order valence-corrected chi connectivity index (χ3v) is 6.42. The highest BCUT2D eigenvalue weighted by Crippen LogP contribution is 2.59. The summed E-state index contributed by atoms with van der Waals surface area (Å²) < 4.78 is 0. The monoisotopic (exact) mass is 276 g/mol.